The van der Waals surface area contributed by atoms with E-state index < -0.39 is 7.37 Å². The summed E-state index contributed by atoms with van der Waals surface area (Å²) in [4.78, 5) is 0. The first-order valence-corrected chi connectivity index (χ1v) is 10.9. The molecule has 0 saturated heterocycles. The van der Waals surface area contributed by atoms with Crippen molar-refractivity contribution >= 4 is 14.9 Å². The summed E-state index contributed by atoms with van der Waals surface area (Å²) in [5, 5.41) is 0.353. The van der Waals surface area contributed by atoms with E-state index >= 15 is 0 Å². The molecular formula is C21H34BOP. The van der Waals surface area contributed by atoms with E-state index in [1.54, 1.807) is 0 Å². The third-order valence-electron chi connectivity index (χ3n) is 6.20. The molecule has 5 rings (SSSR count). The highest BCUT2D eigenvalue weighted by Crippen LogP contribution is 2.73. The van der Waals surface area contributed by atoms with Crippen LogP contribution < -0.4 is 0 Å². The molecule has 132 valence electrons. The van der Waals surface area contributed by atoms with Gasteiger partial charge < -0.3 is 0 Å². The molecule has 1 aromatic rings. The van der Waals surface area contributed by atoms with Crippen molar-refractivity contribution in [2.24, 2.45) is 17.8 Å². The van der Waals surface area contributed by atoms with Crippen LogP contribution >= 0.6 is 7.37 Å². The van der Waals surface area contributed by atoms with E-state index in [1.165, 1.54) is 50.3 Å². The fraction of sp³-hybridized carbons (Fsp3) is 0.714. The van der Waals surface area contributed by atoms with E-state index in [9.17, 15) is 0 Å². The molecule has 0 spiro atoms. The van der Waals surface area contributed by atoms with Crippen LogP contribution in [0.3, 0.4) is 0 Å². The quantitative estimate of drug-likeness (QED) is 0.540. The number of hydrogen-bond donors (Lipinski definition) is 0. The van der Waals surface area contributed by atoms with Gasteiger partial charge in [-0.3, -0.25) is 4.52 Å². The van der Waals surface area contributed by atoms with E-state index in [-0.39, 0.29) is 13.2 Å². The molecular weight excluding hydrogens is 310 g/mol. The highest BCUT2D eigenvalue weighted by molar-refractivity contribution is 7.94. The molecule has 3 heteroatoms. The van der Waals surface area contributed by atoms with Crippen molar-refractivity contribution in [3.05, 3.63) is 35.9 Å². The van der Waals surface area contributed by atoms with Crippen molar-refractivity contribution in [3.63, 3.8) is 0 Å². The molecule has 4 fully saturated rings. The van der Waals surface area contributed by atoms with E-state index in [4.69, 9.17) is 4.52 Å². The van der Waals surface area contributed by atoms with Crippen molar-refractivity contribution in [1.29, 1.82) is 0 Å². The Morgan fingerprint density at radius 3 is 1.96 bits per heavy atom. The summed E-state index contributed by atoms with van der Waals surface area (Å²) in [6, 6.07) is 11.2. The third kappa shape index (κ3) is 3.10. The molecule has 0 heterocycles. The van der Waals surface area contributed by atoms with Crippen molar-refractivity contribution in [2.45, 2.75) is 76.2 Å². The maximum Gasteiger partial charge on any atom is 0.159 e. The molecule has 0 aliphatic heterocycles. The van der Waals surface area contributed by atoms with Gasteiger partial charge in [-0.05, 0) is 90.0 Å². The first-order chi connectivity index (χ1) is 11.3. The van der Waals surface area contributed by atoms with Crippen LogP contribution in [-0.4, -0.2) is 18.3 Å². The van der Waals surface area contributed by atoms with Crippen LogP contribution in [0.2, 0.25) is 0 Å². The Balaban J connectivity index is 1.61. The Morgan fingerprint density at radius 1 is 1.00 bits per heavy atom. The molecule has 4 aliphatic carbocycles. The molecule has 24 heavy (non-hydrogen) atoms. The summed E-state index contributed by atoms with van der Waals surface area (Å²) in [6.45, 7) is 7.41. The molecule has 0 amide bonds. The molecule has 0 N–H and O–H groups in total. The Kier molecular flexibility index (Phi) is 4.17. The van der Waals surface area contributed by atoms with Crippen molar-refractivity contribution in [2.75, 3.05) is 0 Å². The maximum absolute atomic E-state index is 7.43. The second kappa shape index (κ2) is 5.85. The summed E-state index contributed by atoms with van der Waals surface area (Å²) in [6.07, 6.45) is 9.93. The fourth-order valence-electron chi connectivity index (χ4n) is 5.53. The SMILES string of the molecule is [BH3-][P+](Cc1ccccc1)(OC12CC3CC(CC(C3)C1)C2)C(C)(C)C. The van der Waals surface area contributed by atoms with Gasteiger partial charge >= 0.3 is 0 Å². The van der Waals surface area contributed by atoms with Gasteiger partial charge in [-0.2, -0.15) is 0 Å². The minimum Gasteiger partial charge on any atom is -0.278 e. The minimum absolute atomic E-state index is 0.168. The monoisotopic (exact) mass is 344 g/mol. The van der Waals surface area contributed by atoms with E-state index in [2.05, 4.69) is 51.1 Å². The Hall–Kier alpha value is -0.325. The molecule has 1 nitrogen and oxygen atoms in total. The topological polar surface area (TPSA) is 9.23 Å². The van der Waals surface area contributed by atoms with Gasteiger partial charge in [0.15, 0.2) is 7.57 Å². The van der Waals surface area contributed by atoms with Crippen LogP contribution in [0.15, 0.2) is 30.3 Å². The number of hydrogen-bond acceptors (Lipinski definition) is 1. The smallest absolute Gasteiger partial charge is 0.159 e. The Morgan fingerprint density at radius 2 is 1.50 bits per heavy atom. The average Bonchev–Trinajstić information content (AvgIpc) is 2.44. The van der Waals surface area contributed by atoms with Crippen molar-refractivity contribution < 1.29 is 4.52 Å². The lowest BCUT2D eigenvalue weighted by atomic mass is 9.54. The summed E-state index contributed by atoms with van der Waals surface area (Å²) >= 11 is 0. The van der Waals surface area contributed by atoms with E-state index in [1.807, 2.05) is 0 Å². The predicted molar refractivity (Wildman–Crippen MR) is 109 cm³/mol. The standard InChI is InChI=1S/C21H34BOP/c1-20(2,3)24(22,15-16-7-5-4-6-8-16)23-21-12-17-9-18(13-21)11-19(10-17)14-21/h4-8,17-19H,9-15H2,1-3,22H3. The summed E-state index contributed by atoms with van der Waals surface area (Å²) in [5.74, 6) is 2.96. The molecule has 1 unspecified atom stereocenters. The highest BCUT2D eigenvalue weighted by Gasteiger charge is 2.56. The van der Waals surface area contributed by atoms with Gasteiger partial charge in [-0.15, -0.1) is 0 Å². The average molecular weight is 344 g/mol. The number of rotatable bonds is 4. The van der Waals surface area contributed by atoms with Crippen LogP contribution in [0.5, 0.6) is 0 Å². The van der Waals surface area contributed by atoms with E-state index in [0.717, 1.165) is 17.8 Å². The number of benzene rings is 1. The lowest BCUT2D eigenvalue weighted by Gasteiger charge is -2.58. The van der Waals surface area contributed by atoms with Gasteiger partial charge in [-0.25, -0.2) is 0 Å². The fourth-order valence-corrected chi connectivity index (χ4v) is 7.58. The van der Waals surface area contributed by atoms with E-state index in [0.29, 0.717) is 5.16 Å². The van der Waals surface area contributed by atoms with Crippen molar-refractivity contribution in [3.8, 4) is 0 Å². The lowest BCUT2D eigenvalue weighted by molar-refractivity contribution is -0.105. The van der Waals surface area contributed by atoms with Gasteiger partial charge in [0.1, 0.15) is 5.60 Å². The van der Waals surface area contributed by atoms with Crippen molar-refractivity contribution in [1.82, 2.24) is 0 Å². The van der Waals surface area contributed by atoms with Crippen LogP contribution in [0, 0.1) is 17.8 Å². The predicted octanol–water partition coefficient (Wildman–Crippen LogP) is 5.18. The Labute approximate surface area is 149 Å². The molecule has 4 aliphatic rings. The third-order valence-corrected chi connectivity index (χ3v) is 8.96. The molecule has 0 aromatic heterocycles. The zero-order valence-electron chi connectivity index (χ0n) is 14.9. The van der Waals surface area contributed by atoms with Gasteiger partial charge in [0.05, 0.1) is 11.3 Å². The summed E-state index contributed by atoms with van der Waals surface area (Å²) in [7, 11) is -1.11. The molecule has 4 bridgehead atoms. The maximum atomic E-state index is 7.43. The van der Waals surface area contributed by atoms with Gasteiger partial charge in [-0.1, -0.05) is 30.3 Å². The largest absolute Gasteiger partial charge is 0.278 e. The zero-order chi connectivity index (χ0) is 17.0. The van der Waals surface area contributed by atoms with Gasteiger partial charge in [0.25, 0.3) is 0 Å². The van der Waals surface area contributed by atoms with Crippen LogP contribution in [0.1, 0.15) is 64.9 Å². The second-order valence-electron chi connectivity index (χ2n) is 9.38. The van der Waals surface area contributed by atoms with Crippen LogP contribution in [-0.2, 0) is 10.7 Å². The molecule has 1 atom stereocenters. The van der Waals surface area contributed by atoms with Gasteiger partial charge in [0.2, 0.25) is 0 Å². The molecule has 0 radical (unpaired) electrons. The Bertz CT molecular complexity index is 558. The molecule has 1 aromatic carbocycles. The first kappa shape index (κ1) is 17.1. The first-order valence-electron chi connectivity index (χ1n) is 9.43. The summed E-state index contributed by atoms with van der Waals surface area (Å²) in [5.41, 5.74) is 1.80. The lowest BCUT2D eigenvalue weighted by Crippen LogP contribution is -2.52. The van der Waals surface area contributed by atoms with Gasteiger partial charge in [0, 0.05) is 0 Å². The highest BCUT2D eigenvalue weighted by atomic mass is 31.2. The van der Waals surface area contributed by atoms with Crippen LogP contribution in [0.4, 0.5) is 0 Å². The normalized spacial score (nSPS) is 37.4. The zero-order valence-corrected chi connectivity index (χ0v) is 15.8. The van der Waals surface area contributed by atoms with Crippen LogP contribution in [0.25, 0.3) is 0 Å². The second-order valence-corrected chi connectivity index (χ2v) is 12.0. The molecule has 4 saturated carbocycles. The minimum atomic E-state index is -1.27. The summed E-state index contributed by atoms with van der Waals surface area (Å²) < 4.78 is 7.43.